The molecule has 4 rings (SSSR count). The molecule has 7 nitrogen and oxygen atoms in total. The van der Waals surface area contributed by atoms with E-state index >= 15 is 0 Å². The van der Waals surface area contributed by atoms with Gasteiger partial charge in [0.25, 0.3) is 0 Å². The van der Waals surface area contributed by atoms with Crippen LogP contribution in [0.3, 0.4) is 0 Å². The van der Waals surface area contributed by atoms with Gasteiger partial charge in [0.2, 0.25) is 5.91 Å². The van der Waals surface area contributed by atoms with Gasteiger partial charge < -0.3 is 20.5 Å². The third-order valence-corrected chi connectivity index (χ3v) is 6.63. The lowest BCUT2D eigenvalue weighted by molar-refractivity contribution is -0.142. The lowest BCUT2D eigenvalue weighted by Gasteiger charge is -2.19. The Bertz CT molecular complexity index is 987. The highest BCUT2D eigenvalue weighted by Gasteiger charge is 2.34. The lowest BCUT2D eigenvalue weighted by atomic mass is 9.98. The van der Waals surface area contributed by atoms with Crippen LogP contribution >= 0.6 is 0 Å². The number of hydrogen-bond donors (Lipinski definition) is 3. The number of fused-ring (bicyclic) bond motifs is 3. The molecule has 2 amide bonds. The minimum atomic E-state index is -1.04. The van der Waals surface area contributed by atoms with E-state index < -0.39 is 18.1 Å². The van der Waals surface area contributed by atoms with E-state index in [0.29, 0.717) is 18.9 Å². The molecule has 2 atom stereocenters. The second-order valence-electron chi connectivity index (χ2n) is 8.87. The maximum Gasteiger partial charge on any atom is 0.407 e. The molecule has 174 valence electrons. The van der Waals surface area contributed by atoms with Crippen LogP contribution in [-0.2, 0) is 14.3 Å². The standard InChI is InChI=1S/C26H30N2O5/c1-2-23(25(30)31)28-24(29)13-17(16-11-12-16)14-27-26(32)33-15-22-20-9-5-3-7-18(20)19-8-4-6-10-21(19)22/h3-10,16-17,22-23H,2,11-15H2,1H3,(H,27,32)(H,28,29)(H,30,31)/t17?,23-/m0/s1. The summed E-state index contributed by atoms with van der Waals surface area (Å²) in [4.78, 5) is 35.9. The smallest absolute Gasteiger partial charge is 0.407 e. The predicted octanol–water partition coefficient (Wildman–Crippen LogP) is 3.92. The van der Waals surface area contributed by atoms with E-state index in [1.807, 2.05) is 24.3 Å². The molecule has 1 unspecified atom stereocenters. The van der Waals surface area contributed by atoms with Crippen molar-refractivity contribution in [2.45, 2.75) is 44.6 Å². The maximum atomic E-state index is 12.5. The van der Waals surface area contributed by atoms with E-state index in [1.54, 1.807) is 6.92 Å². The normalized spacial score (nSPS) is 16.3. The molecular formula is C26H30N2O5. The van der Waals surface area contributed by atoms with Gasteiger partial charge in [-0.3, -0.25) is 4.79 Å². The highest BCUT2D eigenvalue weighted by atomic mass is 16.5. The number of alkyl carbamates (subject to hydrolysis) is 1. The number of hydrogen-bond acceptors (Lipinski definition) is 4. The second-order valence-corrected chi connectivity index (χ2v) is 8.87. The number of nitrogens with one attached hydrogen (secondary N) is 2. The molecule has 3 N–H and O–H groups in total. The number of carboxylic acid groups (broad SMARTS) is 1. The zero-order valence-electron chi connectivity index (χ0n) is 18.8. The van der Waals surface area contributed by atoms with Crippen LogP contribution in [0.15, 0.2) is 48.5 Å². The van der Waals surface area contributed by atoms with Crippen molar-refractivity contribution in [1.82, 2.24) is 10.6 Å². The van der Waals surface area contributed by atoms with Crippen molar-refractivity contribution >= 4 is 18.0 Å². The number of carbonyl (C=O) groups excluding carboxylic acids is 2. The molecule has 0 heterocycles. The minimum Gasteiger partial charge on any atom is -0.480 e. The molecule has 2 aliphatic carbocycles. The van der Waals surface area contributed by atoms with Crippen molar-refractivity contribution in [2.75, 3.05) is 13.2 Å². The highest BCUT2D eigenvalue weighted by molar-refractivity contribution is 5.83. The summed E-state index contributed by atoms with van der Waals surface area (Å²) in [7, 11) is 0. The highest BCUT2D eigenvalue weighted by Crippen LogP contribution is 2.44. The molecule has 0 aromatic heterocycles. The van der Waals surface area contributed by atoms with Crippen LogP contribution in [0.25, 0.3) is 11.1 Å². The van der Waals surface area contributed by atoms with Gasteiger partial charge in [-0.15, -0.1) is 0 Å². The van der Waals surface area contributed by atoms with Crippen LogP contribution < -0.4 is 10.6 Å². The first-order valence-electron chi connectivity index (χ1n) is 11.6. The van der Waals surface area contributed by atoms with E-state index in [2.05, 4.69) is 34.9 Å². The monoisotopic (exact) mass is 450 g/mol. The third-order valence-electron chi connectivity index (χ3n) is 6.63. The van der Waals surface area contributed by atoms with Gasteiger partial charge in [0, 0.05) is 18.9 Å². The van der Waals surface area contributed by atoms with Gasteiger partial charge in [0.05, 0.1) is 0 Å². The number of carboxylic acids is 1. The van der Waals surface area contributed by atoms with E-state index in [1.165, 1.54) is 11.1 Å². The van der Waals surface area contributed by atoms with Gasteiger partial charge >= 0.3 is 12.1 Å². The van der Waals surface area contributed by atoms with Crippen molar-refractivity contribution in [1.29, 1.82) is 0 Å². The zero-order chi connectivity index (χ0) is 23.4. The average Bonchev–Trinajstić information content (AvgIpc) is 3.61. The fraction of sp³-hybridized carbons (Fsp3) is 0.423. The van der Waals surface area contributed by atoms with Gasteiger partial charge in [0.15, 0.2) is 0 Å². The molecular weight excluding hydrogens is 420 g/mol. The number of ether oxygens (including phenoxy) is 1. The molecule has 0 saturated heterocycles. The molecule has 0 radical (unpaired) electrons. The summed E-state index contributed by atoms with van der Waals surface area (Å²) in [6.45, 7) is 2.29. The van der Waals surface area contributed by atoms with Crippen LogP contribution in [0.1, 0.15) is 49.7 Å². The van der Waals surface area contributed by atoms with E-state index in [9.17, 15) is 14.4 Å². The van der Waals surface area contributed by atoms with Crippen LogP contribution in [0.2, 0.25) is 0 Å². The zero-order valence-corrected chi connectivity index (χ0v) is 18.8. The molecule has 33 heavy (non-hydrogen) atoms. The number of benzene rings is 2. The van der Waals surface area contributed by atoms with E-state index in [-0.39, 0.29) is 30.8 Å². The molecule has 1 fully saturated rings. The van der Waals surface area contributed by atoms with Gasteiger partial charge in [-0.2, -0.15) is 0 Å². The molecule has 7 heteroatoms. The first-order valence-corrected chi connectivity index (χ1v) is 11.6. The summed E-state index contributed by atoms with van der Waals surface area (Å²) in [5.41, 5.74) is 4.66. The Labute approximate surface area is 193 Å². The van der Waals surface area contributed by atoms with Crippen LogP contribution in [0.4, 0.5) is 4.79 Å². The van der Waals surface area contributed by atoms with Gasteiger partial charge in [-0.1, -0.05) is 55.5 Å². The summed E-state index contributed by atoms with van der Waals surface area (Å²) >= 11 is 0. The largest absolute Gasteiger partial charge is 0.480 e. The van der Waals surface area contributed by atoms with Crippen molar-refractivity contribution in [3.05, 3.63) is 59.7 Å². The third kappa shape index (κ3) is 5.35. The summed E-state index contributed by atoms with van der Waals surface area (Å²) in [6.07, 6.45) is 2.05. The Morgan fingerprint density at radius 2 is 1.64 bits per heavy atom. The fourth-order valence-corrected chi connectivity index (χ4v) is 4.67. The molecule has 0 aliphatic heterocycles. The molecule has 2 aromatic rings. The van der Waals surface area contributed by atoms with Gasteiger partial charge in [-0.05, 0) is 53.4 Å². The Morgan fingerprint density at radius 1 is 1.03 bits per heavy atom. The van der Waals surface area contributed by atoms with Crippen LogP contribution in [0.5, 0.6) is 0 Å². The maximum absolute atomic E-state index is 12.5. The summed E-state index contributed by atoms with van der Waals surface area (Å²) < 4.78 is 5.58. The van der Waals surface area contributed by atoms with Gasteiger partial charge in [-0.25, -0.2) is 9.59 Å². The van der Waals surface area contributed by atoms with Crippen molar-refractivity contribution in [2.24, 2.45) is 11.8 Å². The summed E-state index contributed by atoms with van der Waals surface area (Å²) in [6, 6.07) is 15.5. The lowest BCUT2D eigenvalue weighted by Crippen LogP contribution is -2.42. The predicted molar refractivity (Wildman–Crippen MR) is 124 cm³/mol. The van der Waals surface area contributed by atoms with Crippen molar-refractivity contribution < 1.29 is 24.2 Å². The Balaban J connectivity index is 1.30. The molecule has 0 spiro atoms. The second kappa shape index (κ2) is 10.1. The van der Waals surface area contributed by atoms with Gasteiger partial charge in [0.1, 0.15) is 12.6 Å². The Morgan fingerprint density at radius 3 is 2.18 bits per heavy atom. The molecule has 0 bridgehead atoms. The quantitative estimate of drug-likeness (QED) is 0.509. The minimum absolute atomic E-state index is 0.00449. The van der Waals surface area contributed by atoms with Crippen LogP contribution in [0, 0.1) is 11.8 Å². The first kappa shape index (κ1) is 22.8. The van der Waals surface area contributed by atoms with Crippen LogP contribution in [-0.4, -0.2) is 42.3 Å². The topological polar surface area (TPSA) is 105 Å². The Hall–Kier alpha value is -3.35. The number of rotatable bonds is 10. The molecule has 2 aromatic carbocycles. The Kier molecular flexibility index (Phi) is 6.96. The molecule has 2 aliphatic rings. The number of aliphatic carboxylic acids is 1. The average molecular weight is 451 g/mol. The first-order chi connectivity index (χ1) is 16.0. The van der Waals surface area contributed by atoms with E-state index in [0.717, 1.165) is 24.0 Å². The summed E-state index contributed by atoms with van der Waals surface area (Å²) in [5.74, 6) is -0.998. The van der Waals surface area contributed by atoms with E-state index in [4.69, 9.17) is 9.84 Å². The SMILES string of the molecule is CC[C@H](NC(=O)CC(CNC(=O)OCC1c2ccccc2-c2ccccc21)C1CC1)C(=O)O. The fourth-order valence-electron chi connectivity index (χ4n) is 4.67. The van der Waals surface area contributed by atoms with Crippen molar-refractivity contribution in [3.8, 4) is 11.1 Å². The summed E-state index contributed by atoms with van der Waals surface area (Å²) in [5, 5.41) is 14.5. The number of carbonyl (C=O) groups is 3. The number of amides is 2. The van der Waals surface area contributed by atoms with Crippen molar-refractivity contribution in [3.63, 3.8) is 0 Å². The molecule has 1 saturated carbocycles.